The summed E-state index contributed by atoms with van der Waals surface area (Å²) in [5.74, 6) is -0.900. The number of carbonyl (C=O) groups is 1. The van der Waals surface area contributed by atoms with E-state index in [1.54, 1.807) is 24.3 Å². The van der Waals surface area contributed by atoms with Crippen LogP contribution in [-0.4, -0.2) is 25.2 Å². The Kier molecular flexibility index (Phi) is 5.85. The molecule has 29 heavy (non-hydrogen) atoms. The topological polar surface area (TPSA) is 63.8 Å². The fourth-order valence-corrected chi connectivity index (χ4v) is 3.48. The number of rotatable bonds is 4. The fraction of sp³-hybridized carbons (Fsp3) is 0.238. The molecule has 1 atom stereocenters. The smallest absolute Gasteiger partial charge is 0.256 e. The van der Waals surface area contributed by atoms with Crippen molar-refractivity contribution < 1.29 is 18.3 Å². The number of carbonyl (C=O) groups excluding carboxylic acids is 1. The van der Waals surface area contributed by atoms with Gasteiger partial charge in [-0.25, -0.2) is 9.38 Å². The van der Waals surface area contributed by atoms with Gasteiger partial charge in [0, 0.05) is 23.6 Å². The highest BCUT2D eigenvalue weighted by molar-refractivity contribution is 6.31. The Morgan fingerprint density at radius 1 is 1.21 bits per heavy atom. The molecule has 0 aliphatic carbocycles. The Morgan fingerprint density at radius 3 is 2.83 bits per heavy atom. The van der Waals surface area contributed by atoms with E-state index in [2.05, 4.69) is 10.3 Å². The first-order valence-corrected chi connectivity index (χ1v) is 9.88. The second-order valence-electron chi connectivity index (χ2n) is 6.70. The van der Waals surface area contributed by atoms with Gasteiger partial charge in [-0.1, -0.05) is 23.2 Å². The van der Waals surface area contributed by atoms with Crippen LogP contribution in [0.5, 0.6) is 0 Å². The summed E-state index contributed by atoms with van der Waals surface area (Å²) < 4.78 is 24.9. The number of hydrogen-bond acceptors (Lipinski definition) is 4. The van der Waals surface area contributed by atoms with E-state index in [9.17, 15) is 9.18 Å². The normalized spacial score (nSPS) is 17.1. The number of fused-ring (bicyclic) bond motifs is 1. The highest BCUT2D eigenvalue weighted by Crippen LogP contribution is 2.23. The Bertz CT molecular complexity index is 1140. The van der Waals surface area contributed by atoms with Crippen LogP contribution in [-0.2, 0) is 4.74 Å². The van der Waals surface area contributed by atoms with Crippen molar-refractivity contribution in [2.75, 3.05) is 13.2 Å². The van der Waals surface area contributed by atoms with E-state index >= 15 is 0 Å². The minimum absolute atomic E-state index is 0.00193. The maximum Gasteiger partial charge on any atom is 0.256 e. The van der Waals surface area contributed by atoms with Gasteiger partial charge in [0.25, 0.3) is 5.91 Å². The van der Waals surface area contributed by atoms with E-state index in [1.807, 2.05) is 0 Å². The maximum atomic E-state index is 13.5. The molecular weight excluding hydrogens is 418 g/mol. The molecule has 5 nitrogen and oxygen atoms in total. The largest absolute Gasteiger partial charge is 0.438 e. The van der Waals surface area contributed by atoms with Crippen molar-refractivity contribution in [3.05, 3.63) is 69.4 Å². The van der Waals surface area contributed by atoms with Gasteiger partial charge in [-0.15, -0.1) is 0 Å². The molecule has 1 amide bonds. The molecule has 0 saturated carbocycles. The second-order valence-corrected chi connectivity index (χ2v) is 7.55. The molecule has 4 rings (SSSR count). The Labute approximate surface area is 176 Å². The highest BCUT2D eigenvalue weighted by atomic mass is 35.5. The van der Waals surface area contributed by atoms with Crippen LogP contribution in [0.1, 0.15) is 23.2 Å². The van der Waals surface area contributed by atoms with Gasteiger partial charge in [-0.05, 0) is 55.3 Å². The number of benzene rings is 2. The maximum absolute atomic E-state index is 13.5. The van der Waals surface area contributed by atoms with Crippen molar-refractivity contribution in [1.82, 2.24) is 5.32 Å². The van der Waals surface area contributed by atoms with Gasteiger partial charge in [0.2, 0.25) is 5.55 Å². The Morgan fingerprint density at radius 2 is 2.07 bits per heavy atom. The van der Waals surface area contributed by atoms with Crippen molar-refractivity contribution in [2.24, 2.45) is 4.99 Å². The van der Waals surface area contributed by atoms with Crippen LogP contribution in [0.25, 0.3) is 11.0 Å². The molecule has 150 valence electrons. The lowest BCUT2D eigenvalue weighted by molar-refractivity contribution is 0.0854. The molecule has 3 aromatic rings. The predicted octanol–water partition coefficient (Wildman–Crippen LogP) is 5.02. The van der Waals surface area contributed by atoms with Crippen molar-refractivity contribution >= 4 is 45.8 Å². The highest BCUT2D eigenvalue weighted by Gasteiger charge is 2.18. The van der Waals surface area contributed by atoms with Crippen LogP contribution >= 0.6 is 23.2 Å². The van der Waals surface area contributed by atoms with Crippen molar-refractivity contribution in [3.63, 3.8) is 0 Å². The summed E-state index contributed by atoms with van der Waals surface area (Å²) in [6.45, 7) is 1.10. The summed E-state index contributed by atoms with van der Waals surface area (Å²) in [4.78, 5) is 17.2. The van der Waals surface area contributed by atoms with E-state index in [0.717, 1.165) is 12.8 Å². The molecule has 1 aliphatic rings. The third kappa shape index (κ3) is 4.61. The fourth-order valence-electron chi connectivity index (χ4n) is 3.13. The first-order valence-electron chi connectivity index (χ1n) is 9.12. The number of hydrogen-bond donors (Lipinski definition) is 1. The molecule has 0 bridgehead atoms. The van der Waals surface area contributed by atoms with Gasteiger partial charge in [-0.2, -0.15) is 0 Å². The molecule has 1 aromatic heterocycles. The minimum atomic E-state index is -0.551. The zero-order chi connectivity index (χ0) is 20.4. The van der Waals surface area contributed by atoms with Crippen LogP contribution in [0.4, 0.5) is 10.1 Å². The quantitative estimate of drug-likeness (QED) is 0.626. The standard InChI is InChI=1S/C21H17Cl2FN2O3/c22-13-3-6-19-12(8-13)9-16(20(27)25-11-15-2-1-7-28-15)21(29-19)26-14-4-5-18(24)17(23)10-14/h3-6,8-10,15H,1-2,7,11H2,(H,25,27). The lowest BCUT2D eigenvalue weighted by atomic mass is 10.1. The number of halogens is 3. The number of ether oxygens (including phenoxy) is 1. The van der Waals surface area contributed by atoms with Gasteiger partial charge >= 0.3 is 0 Å². The summed E-state index contributed by atoms with van der Waals surface area (Å²) in [5, 5.41) is 3.98. The minimum Gasteiger partial charge on any atom is -0.438 e. The first-order chi connectivity index (χ1) is 14.0. The summed E-state index contributed by atoms with van der Waals surface area (Å²) in [6, 6.07) is 10.8. The summed E-state index contributed by atoms with van der Waals surface area (Å²) >= 11 is 11.9. The van der Waals surface area contributed by atoms with Gasteiger partial charge in [0.15, 0.2) is 0 Å². The molecular formula is C21H17Cl2FN2O3. The van der Waals surface area contributed by atoms with E-state index < -0.39 is 5.82 Å². The molecule has 0 spiro atoms. The van der Waals surface area contributed by atoms with Gasteiger partial charge in [-0.3, -0.25) is 4.79 Å². The number of amides is 1. The average Bonchev–Trinajstić information content (AvgIpc) is 3.22. The molecule has 1 N–H and O–H groups in total. The van der Waals surface area contributed by atoms with Gasteiger partial charge in [0.1, 0.15) is 17.0 Å². The third-order valence-corrected chi connectivity index (χ3v) is 5.13. The van der Waals surface area contributed by atoms with E-state index in [0.29, 0.717) is 34.8 Å². The summed E-state index contributed by atoms with van der Waals surface area (Å²) in [7, 11) is 0. The predicted molar refractivity (Wildman–Crippen MR) is 109 cm³/mol. The van der Waals surface area contributed by atoms with Gasteiger partial charge < -0.3 is 14.5 Å². The van der Waals surface area contributed by atoms with Crippen LogP contribution in [0.15, 0.2) is 51.9 Å². The van der Waals surface area contributed by atoms with Crippen molar-refractivity contribution in [2.45, 2.75) is 18.9 Å². The molecule has 1 aliphatic heterocycles. The van der Waals surface area contributed by atoms with Crippen LogP contribution < -0.4 is 10.9 Å². The van der Waals surface area contributed by atoms with Crippen LogP contribution in [0.2, 0.25) is 10.0 Å². The zero-order valence-corrected chi connectivity index (χ0v) is 16.8. The van der Waals surface area contributed by atoms with E-state index in [4.69, 9.17) is 32.4 Å². The summed E-state index contributed by atoms with van der Waals surface area (Å²) in [6.07, 6.45) is 1.89. The Hall–Kier alpha value is -2.41. The third-order valence-electron chi connectivity index (χ3n) is 4.60. The van der Waals surface area contributed by atoms with Crippen LogP contribution in [0, 0.1) is 5.82 Å². The monoisotopic (exact) mass is 434 g/mol. The zero-order valence-electron chi connectivity index (χ0n) is 15.3. The molecule has 1 saturated heterocycles. The first kappa shape index (κ1) is 19.9. The molecule has 1 fully saturated rings. The van der Waals surface area contributed by atoms with Crippen molar-refractivity contribution in [1.29, 1.82) is 0 Å². The number of nitrogens with zero attached hydrogens (tertiary/aromatic N) is 1. The van der Waals surface area contributed by atoms with Gasteiger partial charge in [0.05, 0.1) is 16.8 Å². The molecule has 0 radical (unpaired) electrons. The van der Waals surface area contributed by atoms with Crippen molar-refractivity contribution in [3.8, 4) is 0 Å². The molecule has 2 heterocycles. The van der Waals surface area contributed by atoms with Crippen LogP contribution in [0.3, 0.4) is 0 Å². The lowest BCUT2D eigenvalue weighted by Crippen LogP contribution is -2.34. The average molecular weight is 435 g/mol. The Balaban J connectivity index is 1.76. The van der Waals surface area contributed by atoms with E-state index in [-0.39, 0.29) is 28.2 Å². The number of nitrogens with one attached hydrogen (secondary N) is 1. The second kappa shape index (κ2) is 8.53. The molecule has 2 aromatic carbocycles. The van der Waals surface area contributed by atoms with E-state index in [1.165, 1.54) is 18.2 Å². The SMILES string of the molecule is O=C(NCC1CCCO1)c1cc2cc(Cl)ccc2oc1=Nc1ccc(F)c(Cl)c1. The lowest BCUT2D eigenvalue weighted by Gasteiger charge is -2.11. The summed E-state index contributed by atoms with van der Waals surface area (Å²) in [5.41, 5.74) is 1.20. The molecule has 1 unspecified atom stereocenters. The molecule has 8 heteroatoms.